The van der Waals surface area contributed by atoms with Gasteiger partial charge < -0.3 is 15.2 Å². The Hall–Kier alpha value is -1.78. The number of carbonyl (C=O) groups excluding carboxylic acids is 2. The number of nitrogens with one attached hydrogen (secondary N) is 2. The molecular weight excluding hydrogens is 242 g/mol. The van der Waals surface area contributed by atoms with Gasteiger partial charge in [0.1, 0.15) is 6.04 Å². The van der Waals surface area contributed by atoms with Crippen LogP contribution in [0.4, 0.5) is 0 Å². The molecule has 104 valence electrons. The van der Waals surface area contributed by atoms with Gasteiger partial charge in [-0.05, 0) is 37.8 Å². The molecule has 0 radical (unpaired) electrons. The van der Waals surface area contributed by atoms with E-state index in [9.17, 15) is 9.59 Å². The van der Waals surface area contributed by atoms with Crippen molar-refractivity contribution in [2.24, 2.45) is 0 Å². The van der Waals surface area contributed by atoms with Gasteiger partial charge in [-0.3, -0.25) is 9.59 Å². The topological polar surface area (TPSA) is 63.1 Å². The summed E-state index contributed by atoms with van der Waals surface area (Å²) in [4.78, 5) is 23.5. The highest BCUT2D eigenvalue weighted by Gasteiger charge is 2.21. The van der Waals surface area contributed by atoms with Crippen LogP contribution in [0.3, 0.4) is 0 Å². The van der Waals surface area contributed by atoms with Crippen LogP contribution in [0, 0.1) is 0 Å². The fourth-order valence-corrected chi connectivity index (χ4v) is 2.28. The number of aromatic nitrogens is 1. The zero-order chi connectivity index (χ0) is 13.5. The molecule has 0 aliphatic carbocycles. The summed E-state index contributed by atoms with van der Waals surface area (Å²) < 4.78 is 2.05. The first-order chi connectivity index (χ1) is 9.25. The van der Waals surface area contributed by atoms with E-state index in [1.165, 1.54) is 0 Å². The Morgan fingerprint density at radius 2 is 2.16 bits per heavy atom. The maximum atomic E-state index is 11.8. The lowest BCUT2D eigenvalue weighted by Gasteiger charge is -2.15. The molecule has 2 amide bonds. The van der Waals surface area contributed by atoms with Gasteiger partial charge in [-0.2, -0.15) is 0 Å². The first-order valence-electron chi connectivity index (χ1n) is 6.93. The highest BCUT2D eigenvalue weighted by Crippen LogP contribution is 2.06. The van der Waals surface area contributed by atoms with Crippen LogP contribution in [0.5, 0.6) is 0 Å². The minimum atomic E-state index is -0.346. The predicted molar refractivity (Wildman–Crippen MR) is 72.5 cm³/mol. The van der Waals surface area contributed by atoms with Gasteiger partial charge in [0.25, 0.3) is 0 Å². The van der Waals surface area contributed by atoms with E-state index in [1.807, 2.05) is 29.1 Å². The fraction of sp³-hybridized carbons (Fsp3) is 0.571. The molecule has 0 bridgehead atoms. The van der Waals surface area contributed by atoms with Gasteiger partial charge in [0, 0.05) is 31.9 Å². The molecular formula is C14H21N3O2. The van der Waals surface area contributed by atoms with Crippen LogP contribution < -0.4 is 10.6 Å². The van der Waals surface area contributed by atoms with Crippen LogP contribution in [-0.2, 0) is 16.1 Å². The van der Waals surface area contributed by atoms with Crippen LogP contribution in [0.1, 0.15) is 32.1 Å². The Bertz CT molecular complexity index is 414. The number of hydrogen-bond donors (Lipinski definition) is 2. The minimum Gasteiger partial charge on any atom is -0.354 e. The molecule has 19 heavy (non-hydrogen) atoms. The van der Waals surface area contributed by atoms with Crippen molar-refractivity contribution in [1.29, 1.82) is 0 Å². The number of carbonyl (C=O) groups is 2. The maximum absolute atomic E-state index is 11.8. The molecule has 2 heterocycles. The van der Waals surface area contributed by atoms with Crippen molar-refractivity contribution in [3.8, 4) is 0 Å². The van der Waals surface area contributed by atoms with Crippen LogP contribution in [0.15, 0.2) is 24.5 Å². The second-order valence-electron chi connectivity index (χ2n) is 4.93. The first kappa shape index (κ1) is 13.6. The Morgan fingerprint density at radius 3 is 2.95 bits per heavy atom. The van der Waals surface area contributed by atoms with E-state index < -0.39 is 0 Å². The number of hydrogen-bond acceptors (Lipinski definition) is 2. The van der Waals surface area contributed by atoms with E-state index in [0.717, 1.165) is 38.8 Å². The Balaban J connectivity index is 1.69. The third-order valence-electron chi connectivity index (χ3n) is 3.36. The second-order valence-corrected chi connectivity index (χ2v) is 4.93. The van der Waals surface area contributed by atoms with Crippen molar-refractivity contribution in [2.75, 3.05) is 6.54 Å². The van der Waals surface area contributed by atoms with Gasteiger partial charge in [-0.15, -0.1) is 0 Å². The molecule has 1 aromatic rings. The summed E-state index contributed by atoms with van der Waals surface area (Å²) >= 11 is 0. The molecule has 2 rings (SSSR count). The molecule has 1 aromatic heterocycles. The summed E-state index contributed by atoms with van der Waals surface area (Å²) in [5, 5.41) is 5.65. The number of nitrogens with zero attached hydrogens (tertiary/aromatic N) is 1. The molecule has 1 atom stereocenters. The summed E-state index contributed by atoms with van der Waals surface area (Å²) in [7, 11) is 0. The summed E-state index contributed by atoms with van der Waals surface area (Å²) in [6.45, 7) is 1.55. The van der Waals surface area contributed by atoms with E-state index in [0.29, 0.717) is 6.42 Å². The number of rotatable bonds is 5. The lowest BCUT2D eigenvalue weighted by atomic mass is 10.1. The molecule has 0 unspecified atom stereocenters. The number of amides is 2. The second kappa shape index (κ2) is 6.97. The molecule has 1 aliphatic heterocycles. The highest BCUT2D eigenvalue weighted by molar-refractivity contribution is 5.87. The average Bonchev–Trinajstić information content (AvgIpc) is 2.82. The quantitative estimate of drug-likeness (QED) is 0.834. The van der Waals surface area contributed by atoms with Crippen molar-refractivity contribution < 1.29 is 9.59 Å². The van der Waals surface area contributed by atoms with Gasteiger partial charge >= 0.3 is 0 Å². The lowest BCUT2D eigenvalue weighted by Crippen LogP contribution is -2.45. The Labute approximate surface area is 113 Å². The van der Waals surface area contributed by atoms with Crippen molar-refractivity contribution in [2.45, 2.75) is 44.7 Å². The monoisotopic (exact) mass is 263 g/mol. The van der Waals surface area contributed by atoms with E-state index in [4.69, 9.17) is 0 Å². The highest BCUT2D eigenvalue weighted by atomic mass is 16.2. The van der Waals surface area contributed by atoms with E-state index >= 15 is 0 Å². The molecule has 0 spiro atoms. The fourth-order valence-electron chi connectivity index (χ4n) is 2.28. The molecule has 2 N–H and O–H groups in total. The smallest absolute Gasteiger partial charge is 0.242 e. The van der Waals surface area contributed by atoms with Crippen LogP contribution in [-0.4, -0.2) is 29.0 Å². The third-order valence-corrected chi connectivity index (χ3v) is 3.36. The van der Waals surface area contributed by atoms with Gasteiger partial charge in [-0.1, -0.05) is 0 Å². The van der Waals surface area contributed by atoms with Crippen LogP contribution in [0.2, 0.25) is 0 Å². The van der Waals surface area contributed by atoms with Crippen LogP contribution in [0.25, 0.3) is 0 Å². The average molecular weight is 263 g/mol. The third kappa shape index (κ3) is 4.43. The van der Waals surface area contributed by atoms with Gasteiger partial charge in [0.05, 0.1) is 0 Å². The zero-order valence-corrected chi connectivity index (χ0v) is 11.1. The molecule has 0 saturated carbocycles. The molecule has 5 nitrogen and oxygen atoms in total. The number of aryl methyl sites for hydroxylation is 1. The Kier molecular flexibility index (Phi) is 5.01. The summed E-state index contributed by atoms with van der Waals surface area (Å²) in [6.07, 6.45) is 7.93. The van der Waals surface area contributed by atoms with Crippen molar-refractivity contribution in [1.82, 2.24) is 15.2 Å². The standard InChI is InChI=1S/C14H21N3O2/c18-13(7-5-11-17-9-3-4-10-17)16-12-6-1-2-8-15-14(12)19/h3-4,9-10,12H,1-2,5-8,11H2,(H,15,19)(H,16,18)/t12-/m0/s1. The van der Waals surface area contributed by atoms with Crippen LogP contribution >= 0.6 is 0 Å². The summed E-state index contributed by atoms with van der Waals surface area (Å²) in [5.74, 6) is -0.0783. The van der Waals surface area contributed by atoms with Gasteiger partial charge in [0.2, 0.25) is 11.8 Å². The van der Waals surface area contributed by atoms with Gasteiger partial charge in [-0.25, -0.2) is 0 Å². The molecule has 0 aromatic carbocycles. The van der Waals surface area contributed by atoms with Crippen molar-refractivity contribution >= 4 is 11.8 Å². The van der Waals surface area contributed by atoms with Crippen molar-refractivity contribution in [3.05, 3.63) is 24.5 Å². The normalized spacial score (nSPS) is 19.6. The molecule has 1 aliphatic rings. The van der Waals surface area contributed by atoms with Gasteiger partial charge in [0.15, 0.2) is 0 Å². The maximum Gasteiger partial charge on any atom is 0.242 e. The van der Waals surface area contributed by atoms with E-state index in [1.54, 1.807) is 0 Å². The van der Waals surface area contributed by atoms with E-state index in [-0.39, 0.29) is 17.9 Å². The molecule has 1 saturated heterocycles. The summed E-state index contributed by atoms with van der Waals surface area (Å²) in [5.41, 5.74) is 0. The zero-order valence-electron chi connectivity index (χ0n) is 11.1. The van der Waals surface area contributed by atoms with Crippen molar-refractivity contribution in [3.63, 3.8) is 0 Å². The first-order valence-corrected chi connectivity index (χ1v) is 6.93. The predicted octanol–water partition coefficient (Wildman–Crippen LogP) is 1.05. The van der Waals surface area contributed by atoms with E-state index in [2.05, 4.69) is 10.6 Å². The lowest BCUT2D eigenvalue weighted by molar-refractivity contribution is -0.128. The largest absolute Gasteiger partial charge is 0.354 e. The minimum absolute atomic E-state index is 0.0331. The SMILES string of the molecule is O=C(CCCn1cccc1)N[C@H]1CCCCNC1=O. The Morgan fingerprint density at radius 1 is 1.37 bits per heavy atom. The summed E-state index contributed by atoms with van der Waals surface area (Å²) in [6, 6.07) is 3.59. The molecule has 1 fully saturated rings. The molecule has 5 heteroatoms.